The molecule has 1 heterocycles. The molecule has 0 saturated carbocycles. The molecule has 1 aliphatic heterocycles. The Morgan fingerprint density at radius 2 is 2.33 bits per heavy atom. The maximum absolute atomic E-state index is 11.6. The fourth-order valence-corrected chi connectivity index (χ4v) is 2.19. The fourth-order valence-electron chi connectivity index (χ4n) is 2.19. The number of nitrogens with one attached hydrogen (secondary N) is 2. The van der Waals surface area contributed by atoms with E-state index in [4.69, 9.17) is 0 Å². The molecule has 0 aliphatic carbocycles. The van der Waals surface area contributed by atoms with E-state index in [0.717, 1.165) is 32.4 Å². The zero-order valence-corrected chi connectivity index (χ0v) is 10.0. The van der Waals surface area contributed by atoms with E-state index in [0.29, 0.717) is 18.4 Å². The summed E-state index contributed by atoms with van der Waals surface area (Å²) >= 11 is 0. The standard InChI is InChI=1S/C12H24N2O/c1-3-5-6-12(15)14-11(4-2)10-7-8-13-9-10/h10-11,13H,3-9H2,1-2H3,(H,14,15). The molecule has 0 aromatic heterocycles. The summed E-state index contributed by atoms with van der Waals surface area (Å²) in [7, 11) is 0. The van der Waals surface area contributed by atoms with E-state index in [1.807, 2.05) is 0 Å². The monoisotopic (exact) mass is 212 g/mol. The minimum atomic E-state index is 0.232. The van der Waals surface area contributed by atoms with E-state index in [1.165, 1.54) is 6.42 Å². The predicted octanol–water partition coefficient (Wildman–Crippen LogP) is 1.68. The van der Waals surface area contributed by atoms with Crippen LogP contribution in [0.4, 0.5) is 0 Å². The highest BCUT2D eigenvalue weighted by molar-refractivity contribution is 5.76. The smallest absolute Gasteiger partial charge is 0.220 e. The van der Waals surface area contributed by atoms with Crippen LogP contribution < -0.4 is 10.6 Å². The number of hydrogen-bond acceptors (Lipinski definition) is 2. The minimum absolute atomic E-state index is 0.232. The minimum Gasteiger partial charge on any atom is -0.353 e. The fraction of sp³-hybridized carbons (Fsp3) is 0.917. The van der Waals surface area contributed by atoms with Crippen LogP contribution in [-0.2, 0) is 4.79 Å². The van der Waals surface area contributed by atoms with Gasteiger partial charge in [0.2, 0.25) is 5.91 Å². The van der Waals surface area contributed by atoms with E-state index < -0.39 is 0 Å². The second-order valence-corrected chi connectivity index (χ2v) is 4.44. The van der Waals surface area contributed by atoms with Gasteiger partial charge in [-0.15, -0.1) is 0 Å². The third-order valence-electron chi connectivity index (χ3n) is 3.21. The zero-order chi connectivity index (χ0) is 11.1. The zero-order valence-electron chi connectivity index (χ0n) is 10.0. The van der Waals surface area contributed by atoms with E-state index >= 15 is 0 Å². The molecule has 0 spiro atoms. The van der Waals surface area contributed by atoms with Gasteiger partial charge in [-0.2, -0.15) is 0 Å². The summed E-state index contributed by atoms with van der Waals surface area (Å²) in [4.78, 5) is 11.6. The Morgan fingerprint density at radius 1 is 1.53 bits per heavy atom. The molecule has 88 valence electrons. The number of unbranched alkanes of at least 4 members (excludes halogenated alkanes) is 1. The normalized spacial score (nSPS) is 22.7. The van der Waals surface area contributed by atoms with Gasteiger partial charge in [0.15, 0.2) is 0 Å². The Hall–Kier alpha value is -0.570. The maximum atomic E-state index is 11.6. The largest absolute Gasteiger partial charge is 0.353 e. The third-order valence-corrected chi connectivity index (χ3v) is 3.21. The molecule has 3 nitrogen and oxygen atoms in total. The quantitative estimate of drug-likeness (QED) is 0.703. The van der Waals surface area contributed by atoms with Gasteiger partial charge in [0.05, 0.1) is 0 Å². The predicted molar refractivity (Wildman–Crippen MR) is 62.7 cm³/mol. The molecule has 0 aromatic rings. The van der Waals surface area contributed by atoms with E-state index in [1.54, 1.807) is 0 Å². The third kappa shape index (κ3) is 4.20. The second-order valence-electron chi connectivity index (χ2n) is 4.44. The lowest BCUT2D eigenvalue weighted by atomic mass is 9.96. The number of carbonyl (C=O) groups is 1. The van der Waals surface area contributed by atoms with Crippen molar-refractivity contribution >= 4 is 5.91 Å². The molecule has 1 saturated heterocycles. The van der Waals surface area contributed by atoms with Gasteiger partial charge in [-0.25, -0.2) is 0 Å². The van der Waals surface area contributed by atoms with Gasteiger partial charge in [0, 0.05) is 12.5 Å². The van der Waals surface area contributed by atoms with Gasteiger partial charge < -0.3 is 10.6 Å². The molecule has 2 unspecified atom stereocenters. The Balaban J connectivity index is 2.28. The van der Waals surface area contributed by atoms with E-state index in [2.05, 4.69) is 24.5 Å². The lowest BCUT2D eigenvalue weighted by Gasteiger charge is -2.22. The summed E-state index contributed by atoms with van der Waals surface area (Å²) < 4.78 is 0. The Morgan fingerprint density at radius 3 is 2.87 bits per heavy atom. The number of hydrogen-bond donors (Lipinski definition) is 2. The number of carbonyl (C=O) groups excluding carboxylic acids is 1. The van der Waals surface area contributed by atoms with Crippen molar-refractivity contribution in [2.24, 2.45) is 5.92 Å². The molecule has 2 atom stereocenters. The molecular formula is C12H24N2O. The van der Waals surface area contributed by atoms with Gasteiger partial charge in [-0.05, 0) is 38.3 Å². The van der Waals surface area contributed by atoms with Crippen LogP contribution in [0, 0.1) is 5.92 Å². The van der Waals surface area contributed by atoms with Crippen LogP contribution in [0.5, 0.6) is 0 Å². The molecule has 3 heteroatoms. The lowest BCUT2D eigenvalue weighted by molar-refractivity contribution is -0.122. The van der Waals surface area contributed by atoms with Crippen LogP contribution in [0.3, 0.4) is 0 Å². The highest BCUT2D eigenvalue weighted by Crippen LogP contribution is 2.15. The van der Waals surface area contributed by atoms with Crippen molar-refractivity contribution in [1.29, 1.82) is 0 Å². The molecule has 1 rings (SSSR count). The van der Waals surface area contributed by atoms with Gasteiger partial charge in [0.25, 0.3) is 0 Å². The van der Waals surface area contributed by atoms with Crippen molar-refractivity contribution in [3.8, 4) is 0 Å². The van der Waals surface area contributed by atoms with Crippen molar-refractivity contribution < 1.29 is 4.79 Å². The number of amides is 1. The van der Waals surface area contributed by atoms with Crippen LogP contribution in [0.15, 0.2) is 0 Å². The highest BCUT2D eigenvalue weighted by atomic mass is 16.1. The van der Waals surface area contributed by atoms with Crippen molar-refractivity contribution in [2.45, 2.75) is 52.0 Å². The Kier molecular flexibility index (Phi) is 5.69. The van der Waals surface area contributed by atoms with Gasteiger partial charge >= 0.3 is 0 Å². The van der Waals surface area contributed by atoms with Crippen molar-refractivity contribution in [3.05, 3.63) is 0 Å². The molecule has 0 bridgehead atoms. The van der Waals surface area contributed by atoms with Crippen LogP contribution in [-0.4, -0.2) is 25.0 Å². The summed E-state index contributed by atoms with van der Waals surface area (Å²) in [6.07, 6.45) is 5.03. The average molecular weight is 212 g/mol. The van der Waals surface area contributed by atoms with Crippen LogP contribution in [0.25, 0.3) is 0 Å². The topological polar surface area (TPSA) is 41.1 Å². The molecule has 1 aliphatic rings. The van der Waals surface area contributed by atoms with Crippen molar-refractivity contribution in [2.75, 3.05) is 13.1 Å². The first-order valence-corrected chi connectivity index (χ1v) is 6.28. The van der Waals surface area contributed by atoms with Crippen molar-refractivity contribution in [1.82, 2.24) is 10.6 Å². The average Bonchev–Trinajstić information content (AvgIpc) is 2.76. The highest BCUT2D eigenvalue weighted by Gasteiger charge is 2.24. The maximum Gasteiger partial charge on any atom is 0.220 e. The Labute approximate surface area is 93.0 Å². The van der Waals surface area contributed by atoms with Gasteiger partial charge in [-0.3, -0.25) is 4.79 Å². The second kappa shape index (κ2) is 6.83. The molecule has 1 fully saturated rings. The summed E-state index contributed by atoms with van der Waals surface area (Å²) in [5.41, 5.74) is 0. The first-order valence-electron chi connectivity index (χ1n) is 6.28. The summed E-state index contributed by atoms with van der Waals surface area (Å²) in [5.74, 6) is 0.871. The van der Waals surface area contributed by atoms with Crippen LogP contribution in [0.2, 0.25) is 0 Å². The first kappa shape index (κ1) is 12.5. The molecular weight excluding hydrogens is 188 g/mol. The summed E-state index contributed by atoms with van der Waals surface area (Å²) in [5, 5.41) is 6.52. The van der Waals surface area contributed by atoms with E-state index in [9.17, 15) is 4.79 Å². The van der Waals surface area contributed by atoms with Crippen LogP contribution >= 0.6 is 0 Å². The number of rotatable bonds is 6. The van der Waals surface area contributed by atoms with Gasteiger partial charge in [-0.1, -0.05) is 20.3 Å². The summed E-state index contributed by atoms with van der Waals surface area (Å²) in [6.45, 7) is 6.44. The van der Waals surface area contributed by atoms with Crippen molar-refractivity contribution in [3.63, 3.8) is 0 Å². The van der Waals surface area contributed by atoms with Crippen LogP contribution in [0.1, 0.15) is 46.0 Å². The van der Waals surface area contributed by atoms with E-state index in [-0.39, 0.29) is 5.91 Å². The Bertz CT molecular complexity index is 188. The summed E-state index contributed by atoms with van der Waals surface area (Å²) in [6, 6.07) is 0.379. The first-order chi connectivity index (χ1) is 7.27. The molecule has 0 radical (unpaired) electrons. The molecule has 2 N–H and O–H groups in total. The van der Waals surface area contributed by atoms with Gasteiger partial charge in [0.1, 0.15) is 0 Å². The lowest BCUT2D eigenvalue weighted by Crippen LogP contribution is -2.40. The molecule has 15 heavy (non-hydrogen) atoms. The molecule has 1 amide bonds. The molecule has 0 aromatic carbocycles. The SMILES string of the molecule is CCCCC(=O)NC(CC)C1CCNC1.